The fourth-order valence-electron chi connectivity index (χ4n) is 2.13. The van der Waals surface area contributed by atoms with Crippen LogP contribution in [-0.2, 0) is 9.47 Å². The lowest BCUT2D eigenvalue weighted by molar-refractivity contribution is -0.0412. The molecule has 1 atom stereocenters. The molecule has 1 aliphatic rings. The van der Waals surface area contributed by atoms with E-state index in [0.29, 0.717) is 19.6 Å². The summed E-state index contributed by atoms with van der Waals surface area (Å²) in [6.45, 7) is 9.76. The van der Waals surface area contributed by atoms with Crippen LogP contribution in [0.15, 0.2) is 0 Å². The summed E-state index contributed by atoms with van der Waals surface area (Å²) in [5, 5.41) is 0. The minimum atomic E-state index is -0.430. The normalized spacial score (nSPS) is 19.3. The highest BCUT2D eigenvalue weighted by atomic mass is 16.6. The first-order valence-corrected chi connectivity index (χ1v) is 7.15. The summed E-state index contributed by atoms with van der Waals surface area (Å²) in [5.41, 5.74) is 5.08. The second-order valence-corrected chi connectivity index (χ2v) is 6.19. The van der Waals surface area contributed by atoms with E-state index >= 15 is 0 Å². The summed E-state index contributed by atoms with van der Waals surface area (Å²) < 4.78 is 11.3. The Kier molecular flexibility index (Phi) is 6.07. The van der Waals surface area contributed by atoms with Gasteiger partial charge in [0.2, 0.25) is 0 Å². The zero-order valence-corrected chi connectivity index (χ0v) is 12.6. The van der Waals surface area contributed by atoms with Crippen LogP contribution in [0.1, 0.15) is 47.0 Å². The van der Waals surface area contributed by atoms with Gasteiger partial charge in [-0.1, -0.05) is 0 Å². The van der Waals surface area contributed by atoms with Gasteiger partial charge in [0.25, 0.3) is 0 Å². The van der Waals surface area contributed by atoms with Crippen LogP contribution < -0.4 is 5.73 Å². The maximum Gasteiger partial charge on any atom is 0.410 e. The first-order chi connectivity index (χ1) is 8.81. The van der Waals surface area contributed by atoms with E-state index in [4.69, 9.17) is 15.2 Å². The van der Waals surface area contributed by atoms with Crippen molar-refractivity contribution in [2.24, 2.45) is 5.73 Å². The van der Waals surface area contributed by atoms with Crippen LogP contribution in [0.3, 0.4) is 0 Å². The minimum absolute atomic E-state index is 0.197. The molecular weight excluding hydrogens is 244 g/mol. The van der Waals surface area contributed by atoms with Gasteiger partial charge < -0.3 is 20.1 Å². The molecule has 0 aromatic rings. The molecule has 1 heterocycles. The van der Waals surface area contributed by atoms with Crippen LogP contribution in [0.25, 0.3) is 0 Å². The average Bonchev–Trinajstić information content (AvgIpc) is 2.27. The summed E-state index contributed by atoms with van der Waals surface area (Å²) in [5.74, 6) is 0. The molecule has 112 valence electrons. The first kappa shape index (κ1) is 16.2. The molecule has 1 saturated heterocycles. The molecule has 0 spiro atoms. The van der Waals surface area contributed by atoms with Gasteiger partial charge in [0, 0.05) is 13.1 Å². The van der Waals surface area contributed by atoms with Gasteiger partial charge in [-0.05, 0) is 53.5 Å². The summed E-state index contributed by atoms with van der Waals surface area (Å²) in [6, 6.07) is 0. The molecule has 0 radical (unpaired) electrons. The molecule has 0 bridgehead atoms. The van der Waals surface area contributed by atoms with E-state index < -0.39 is 5.60 Å². The number of rotatable bonds is 4. The van der Waals surface area contributed by atoms with E-state index in [1.54, 1.807) is 4.90 Å². The molecule has 0 aromatic heterocycles. The van der Waals surface area contributed by atoms with Gasteiger partial charge in [-0.2, -0.15) is 0 Å². The quantitative estimate of drug-likeness (QED) is 0.851. The summed E-state index contributed by atoms with van der Waals surface area (Å²) in [4.78, 5) is 13.7. The lowest BCUT2D eigenvalue weighted by atomic mass is 10.1. The second kappa shape index (κ2) is 7.10. The highest BCUT2D eigenvalue weighted by Gasteiger charge is 2.27. The van der Waals surface area contributed by atoms with Crippen molar-refractivity contribution in [3.8, 4) is 0 Å². The highest BCUT2D eigenvalue weighted by molar-refractivity contribution is 5.68. The van der Waals surface area contributed by atoms with E-state index in [0.717, 1.165) is 19.3 Å². The molecular formula is C14H28N2O3. The Hall–Kier alpha value is -0.810. The van der Waals surface area contributed by atoms with Gasteiger partial charge in [-0.25, -0.2) is 4.79 Å². The average molecular weight is 272 g/mol. The Morgan fingerprint density at radius 2 is 1.95 bits per heavy atom. The van der Waals surface area contributed by atoms with Gasteiger partial charge in [0.15, 0.2) is 0 Å². The standard InChI is InChI=1S/C14H28N2O3/c1-11(5-8-15)18-12-6-9-16(10-7-12)13(17)19-14(2,3)4/h11-12H,5-10,15H2,1-4H3/t11-/m0/s1. The summed E-state index contributed by atoms with van der Waals surface area (Å²) >= 11 is 0. The predicted molar refractivity (Wildman–Crippen MR) is 75.0 cm³/mol. The molecule has 0 aromatic carbocycles. The Labute approximate surface area is 116 Å². The number of carbonyl (C=O) groups excluding carboxylic acids is 1. The second-order valence-electron chi connectivity index (χ2n) is 6.19. The van der Waals surface area contributed by atoms with Gasteiger partial charge in [-0.3, -0.25) is 0 Å². The third-order valence-electron chi connectivity index (χ3n) is 3.09. The van der Waals surface area contributed by atoms with Crippen molar-refractivity contribution in [3.63, 3.8) is 0 Å². The fraction of sp³-hybridized carbons (Fsp3) is 0.929. The number of piperidine rings is 1. The molecule has 5 heteroatoms. The van der Waals surface area contributed by atoms with Crippen LogP contribution in [0.2, 0.25) is 0 Å². The third-order valence-corrected chi connectivity index (χ3v) is 3.09. The van der Waals surface area contributed by atoms with Crippen LogP contribution in [0.5, 0.6) is 0 Å². The van der Waals surface area contributed by atoms with Gasteiger partial charge >= 0.3 is 6.09 Å². The largest absolute Gasteiger partial charge is 0.444 e. The molecule has 0 unspecified atom stereocenters. The van der Waals surface area contributed by atoms with E-state index in [-0.39, 0.29) is 18.3 Å². The Morgan fingerprint density at radius 1 is 1.37 bits per heavy atom. The highest BCUT2D eigenvalue weighted by Crippen LogP contribution is 2.18. The van der Waals surface area contributed by atoms with Gasteiger partial charge in [-0.15, -0.1) is 0 Å². The Balaban J connectivity index is 2.30. The smallest absolute Gasteiger partial charge is 0.410 e. The first-order valence-electron chi connectivity index (χ1n) is 7.15. The van der Waals surface area contributed by atoms with Crippen molar-refractivity contribution >= 4 is 6.09 Å². The van der Waals surface area contributed by atoms with Crippen molar-refractivity contribution in [1.82, 2.24) is 4.90 Å². The Morgan fingerprint density at radius 3 is 2.42 bits per heavy atom. The fourth-order valence-corrected chi connectivity index (χ4v) is 2.13. The Bertz CT molecular complexity index is 281. The number of amides is 1. The monoisotopic (exact) mass is 272 g/mol. The minimum Gasteiger partial charge on any atom is -0.444 e. The number of ether oxygens (including phenoxy) is 2. The van der Waals surface area contributed by atoms with Crippen LogP contribution in [0.4, 0.5) is 4.79 Å². The van der Waals surface area contributed by atoms with E-state index in [2.05, 4.69) is 0 Å². The van der Waals surface area contributed by atoms with Crippen LogP contribution in [0, 0.1) is 0 Å². The molecule has 0 saturated carbocycles. The number of nitrogens with zero attached hydrogens (tertiary/aromatic N) is 1. The molecule has 1 amide bonds. The van der Waals surface area contributed by atoms with Crippen molar-refractivity contribution in [2.75, 3.05) is 19.6 Å². The van der Waals surface area contributed by atoms with Gasteiger partial charge in [0.1, 0.15) is 5.60 Å². The zero-order chi connectivity index (χ0) is 14.5. The summed E-state index contributed by atoms with van der Waals surface area (Å²) in [6.07, 6.45) is 2.83. The lowest BCUT2D eigenvalue weighted by Crippen LogP contribution is -2.44. The molecule has 1 aliphatic heterocycles. The molecule has 0 aliphatic carbocycles. The lowest BCUT2D eigenvalue weighted by Gasteiger charge is -2.34. The van der Waals surface area contributed by atoms with Gasteiger partial charge in [0.05, 0.1) is 12.2 Å². The summed E-state index contributed by atoms with van der Waals surface area (Å²) in [7, 11) is 0. The zero-order valence-electron chi connectivity index (χ0n) is 12.6. The molecule has 1 rings (SSSR count). The van der Waals surface area contributed by atoms with Crippen LogP contribution in [-0.4, -0.2) is 48.4 Å². The molecule has 5 nitrogen and oxygen atoms in total. The molecule has 2 N–H and O–H groups in total. The third kappa shape index (κ3) is 6.25. The molecule has 19 heavy (non-hydrogen) atoms. The molecule has 1 fully saturated rings. The number of hydrogen-bond acceptors (Lipinski definition) is 4. The number of nitrogens with two attached hydrogens (primary N) is 1. The maximum atomic E-state index is 11.9. The van der Waals surface area contributed by atoms with E-state index in [1.807, 2.05) is 27.7 Å². The maximum absolute atomic E-state index is 11.9. The van der Waals surface area contributed by atoms with Crippen molar-refractivity contribution < 1.29 is 14.3 Å². The van der Waals surface area contributed by atoms with Crippen molar-refractivity contribution in [2.45, 2.75) is 64.8 Å². The van der Waals surface area contributed by atoms with Crippen molar-refractivity contribution in [1.29, 1.82) is 0 Å². The number of carbonyl (C=O) groups is 1. The number of hydrogen-bond donors (Lipinski definition) is 1. The topological polar surface area (TPSA) is 64.8 Å². The SMILES string of the molecule is C[C@@H](CCN)OC1CCN(C(=O)OC(C)(C)C)CC1. The predicted octanol–water partition coefficient (Wildman–Crippen LogP) is 2.14. The van der Waals surface area contributed by atoms with E-state index in [9.17, 15) is 4.79 Å². The van der Waals surface area contributed by atoms with E-state index in [1.165, 1.54) is 0 Å². The van der Waals surface area contributed by atoms with Crippen LogP contribution >= 0.6 is 0 Å². The number of likely N-dealkylation sites (tertiary alicyclic amines) is 1. The van der Waals surface area contributed by atoms with Crippen molar-refractivity contribution in [3.05, 3.63) is 0 Å².